The highest BCUT2D eigenvalue weighted by molar-refractivity contribution is 8.00. The molecule has 0 unspecified atom stereocenters. The maximum Gasteiger partial charge on any atom is 0.335 e. The lowest BCUT2D eigenvalue weighted by atomic mass is 10.1. The fraction of sp³-hybridized carbons (Fsp3) is 0.0435. The molecule has 2 heterocycles. The summed E-state index contributed by atoms with van der Waals surface area (Å²) >= 11 is 3.05. The van der Waals surface area contributed by atoms with E-state index in [1.54, 1.807) is 66.4 Å². The molecule has 0 radical (unpaired) electrons. The molecule has 152 valence electrons. The van der Waals surface area contributed by atoms with Gasteiger partial charge in [-0.3, -0.25) is 9.59 Å². The molecule has 0 fully saturated rings. The van der Waals surface area contributed by atoms with E-state index in [1.165, 1.54) is 16.2 Å². The Kier molecular flexibility index (Phi) is 4.80. The lowest BCUT2D eigenvalue weighted by Crippen LogP contribution is -2.29. The Morgan fingerprint density at radius 1 is 0.968 bits per heavy atom. The molecule has 0 saturated heterocycles. The number of aromatic carboxylic acids is 1. The van der Waals surface area contributed by atoms with Gasteiger partial charge in [-0.15, -0.1) is 11.3 Å². The van der Waals surface area contributed by atoms with E-state index in [0.29, 0.717) is 22.6 Å². The topological polar surface area (TPSA) is 87.6 Å². The maximum atomic E-state index is 12.7. The van der Waals surface area contributed by atoms with Crippen LogP contribution in [0.4, 0.5) is 5.69 Å². The number of amides is 2. The number of carboxylic acid groups (broad SMARTS) is 1. The van der Waals surface area contributed by atoms with Gasteiger partial charge in [0.1, 0.15) is 0 Å². The number of hydrogen-bond donors (Lipinski definition) is 1. The molecule has 1 aliphatic rings. The van der Waals surface area contributed by atoms with Gasteiger partial charge >= 0.3 is 5.97 Å². The largest absolute Gasteiger partial charge is 0.478 e. The van der Waals surface area contributed by atoms with Gasteiger partial charge in [0, 0.05) is 5.75 Å². The number of aromatic nitrogens is 1. The van der Waals surface area contributed by atoms with Gasteiger partial charge in [0.05, 0.1) is 32.6 Å². The molecule has 4 aromatic rings. The monoisotopic (exact) mass is 446 g/mol. The number of rotatable bonds is 5. The number of thioether (sulfide) groups is 1. The molecular weight excluding hydrogens is 432 g/mol. The van der Waals surface area contributed by atoms with Crippen molar-refractivity contribution in [3.8, 4) is 0 Å². The van der Waals surface area contributed by atoms with Crippen LogP contribution in [0, 0.1) is 0 Å². The second kappa shape index (κ2) is 7.64. The van der Waals surface area contributed by atoms with Crippen molar-refractivity contribution >= 4 is 56.8 Å². The summed E-state index contributed by atoms with van der Waals surface area (Å²) in [6.45, 7) is 0. The first-order chi connectivity index (χ1) is 15.0. The number of anilines is 1. The molecule has 0 spiro atoms. The van der Waals surface area contributed by atoms with Crippen molar-refractivity contribution in [1.29, 1.82) is 0 Å². The Labute approximate surface area is 185 Å². The molecule has 31 heavy (non-hydrogen) atoms. The van der Waals surface area contributed by atoms with Crippen LogP contribution in [0.3, 0.4) is 0 Å². The predicted molar refractivity (Wildman–Crippen MR) is 120 cm³/mol. The Hall–Kier alpha value is -3.49. The fourth-order valence-electron chi connectivity index (χ4n) is 3.41. The van der Waals surface area contributed by atoms with Crippen molar-refractivity contribution in [2.45, 2.75) is 10.1 Å². The number of carbonyl (C=O) groups excluding carboxylic acids is 2. The molecule has 3 aromatic carbocycles. The second-order valence-corrected chi connectivity index (χ2v) is 9.17. The summed E-state index contributed by atoms with van der Waals surface area (Å²) in [7, 11) is 0. The van der Waals surface area contributed by atoms with Crippen LogP contribution < -0.4 is 4.90 Å². The molecule has 0 bridgehead atoms. The lowest BCUT2D eigenvalue weighted by Gasteiger charge is -2.13. The number of hydrogen-bond acceptors (Lipinski definition) is 6. The average Bonchev–Trinajstić information content (AvgIpc) is 3.30. The van der Waals surface area contributed by atoms with Crippen molar-refractivity contribution in [2.75, 3.05) is 4.90 Å². The van der Waals surface area contributed by atoms with E-state index in [0.717, 1.165) is 20.1 Å². The predicted octanol–water partition coefficient (Wildman–Crippen LogP) is 5.09. The van der Waals surface area contributed by atoms with Gasteiger partial charge in [-0.2, -0.15) is 0 Å². The quantitative estimate of drug-likeness (QED) is 0.339. The first kappa shape index (κ1) is 19.5. The van der Waals surface area contributed by atoms with Crippen LogP contribution in [0.25, 0.3) is 10.2 Å². The Balaban J connectivity index is 1.36. The SMILES string of the molecule is O=C(O)c1ccc(CSc2nc3ccc(N4C(=O)c5ccccc5C4=O)cc3s2)cc1. The lowest BCUT2D eigenvalue weighted by molar-refractivity contribution is 0.0696. The van der Waals surface area contributed by atoms with Crippen LogP contribution in [-0.2, 0) is 5.75 Å². The van der Waals surface area contributed by atoms with Crippen molar-refractivity contribution in [3.05, 3.63) is 89.0 Å². The van der Waals surface area contributed by atoms with E-state index in [4.69, 9.17) is 5.11 Å². The number of thiazole rings is 1. The first-order valence-corrected chi connectivity index (χ1v) is 11.1. The smallest absolute Gasteiger partial charge is 0.335 e. The minimum absolute atomic E-state index is 0.259. The molecule has 8 heteroatoms. The van der Waals surface area contributed by atoms with Crippen LogP contribution >= 0.6 is 23.1 Å². The summed E-state index contributed by atoms with van der Waals surface area (Å²) in [5.74, 6) is -0.919. The third-order valence-electron chi connectivity index (χ3n) is 4.97. The highest BCUT2D eigenvalue weighted by Gasteiger charge is 2.36. The molecule has 5 rings (SSSR count). The van der Waals surface area contributed by atoms with Gasteiger partial charge in [-0.25, -0.2) is 14.7 Å². The molecule has 1 aromatic heterocycles. The molecule has 0 aliphatic carbocycles. The zero-order chi connectivity index (χ0) is 21.5. The molecule has 1 N–H and O–H groups in total. The standard InChI is InChI=1S/C23H14N2O4S2/c26-20-16-3-1-2-4-17(16)21(27)25(20)15-9-10-18-19(11-15)31-23(24-18)30-12-13-5-7-14(8-6-13)22(28)29/h1-11H,12H2,(H,28,29). The number of nitrogens with zero attached hydrogens (tertiary/aromatic N) is 2. The third-order valence-corrected chi connectivity index (χ3v) is 7.20. The zero-order valence-corrected chi connectivity index (χ0v) is 17.6. The van der Waals surface area contributed by atoms with Gasteiger partial charge in [0.15, 0.2) is 4.34 Å². The summed E-state index contributed by atoms with van der Waals surface area (Å²) in [5, 5.41) is 8.99. The molecule has 1 aliphatic heterocycles. The van der Waals surface area contributed by atoms with Gasteiger partial charge in [-0.05, 0) is 48.0 Å². The number of fused-ring (bicyclic) bond motifs is 2. The molecular formula is C23H14N2O4S2. The Bertz CT molecular complexity index is 1330. The Morgan fingerprint density at radius 3 is 2.29 bits per heavy atom. The average molecular weight is 447 g/mol. The van der Waals surface area contributed by atoms with E-state index in [1.807, 2.05) is 12.1 Å². The highest BCUT2D eigenvalue weighted by Crippen LogP contribution is 2.35. The minimum Gasteiger partial charge on any atom is -0.478 e. The summed E-state index contributed by atoms with van der Waals surface area (Å²) in [4.78, 5) is 42.2. The zero-order valence-electron chi connectivity index (χ0n) is 15.9. The number of benzene rings is 3. The van der Waals surface area contributed by atoms with Crippen molar-refractivity contribution in [3.63, 3.8) is 0 Å². The normalized spacial score (nSPS) is 13.1. The van der Waals surface area contributed by atoms with Crippen LogP contribution in [-0.4, -0.2) is 27.9 Å². The first-order valence-electron chi connectivity index (χ1n) is 9.35. The fourth-order valence-corrected chi connectivity index (χ4v) is 5.46. The summed E-state index contributed by atoms with van der Waals surface area (Å²) in [6, 6.07) is 19.0. The molecule has 0 atom stereocenters. The van der Waals surface area contributed by atoms with Crippen molar-refractivity contribution in [2.24, 2.45) is 0 Å². The molecule has 0 saturated carbocycles. The third kappa shape index (κ3) is 3.49. The van der Waals surface area contributed by atoms with Crippen LogP contribution in [0.1, 0.15) is 36.6 Å². The van der Waals surface area contributed by atoms with E-state index < -0.39 is 5.97 Å². The van der Waals surface area contributed by atoms with Crippen molar-refractivity contribution in [1.82, 2.24) is 4.98 Å². The van der Waals surface area contributed by atoms with Crippen LogP contribution in [0.15, 0.2) is 71.1 Å². The minimum atomic E-state index is -0.945. The molecule has 2 amide bonds. The van der Waals surface area contributed by atoms with Gasteiger partial charge in [0.25, 0.3) is 11.8 Å². The van der Waals surface area contributed by atoms with Crippen LogP contribution in [0.2, 0.25) is 0 Å². The van der Waals surface area contributed by atoms with Gasteiger partial charge < -0.3 is 5.11 Å². The van der Waals surface area contributed by atoms with E-state index in [2.05, 4.69) is 4.98 Å². The highest BCUT2D eigenvalue weighted by atomic mass is 32.2. The number of imide groups is 1. The summed E-state index contributed by atoms with van der Waals surface area (Å²) in [6.07, 6.45) is 0. The van der Waals surface area contributed by atoms with E-state index >= 15 is 0 Å². The van der Waals surface area contributed by atoms with Crippen molar-refractivity contribution < 1.29 is 19.5 Å². The maximum absolute atomic E-state index is 12.7. The van der Waals surface area contributed by atoms with Gasteiger partial charge in [-0.1, -0.05) is 36.0 Å². The van der Waals surface area contributed by atoms with E-state index in [-0.39, 0.29) is 17.4 Å². The summed E-state index contributed by atoms with van der Waals surface area (Å²) in [5.41, 5.74) is 3.43. The Morgan fingerprint density at radius 2 is 1.65 bits per heavy atom. The summed E-state index contributed by atoms with van der Waals surface area (Å²) < 4.78 is 1.75. The molecule has 6 nitrogen and oxygen atoms in total. The van der Waals surface area contributed by atoms with Crippen LogP contribution in [0.5, 0.6) is 0 Å². The second-order valence-electron chi connectivity index (χ2n) is 6.91. The van der Waals surface area contributed by atoms with E-state index in [9.17, 15) is 14.4 Å². The number of carbonyl (C=O) groups is 3. The number of carboxylic acids is 1. The van der Waals surface area contributed by atoms with Gasteiger partial charge in [0.2, 0.25) is 0 Å².